The third-order valence-electron chi connectivity index (χ3n) is 2.69. The zero-order valence-electron chi connectivity index (χ0n) is 10.1. The highest BCUT2D eigenvalue weighted by Crippen LogP contribution is 2.24. The second-order valence-corrected chi connectivity index (χ2v) is 7.10. The minimum Gasteiger partial charge on any atom is -0.280 e. The van der Waals surface area contributed by atoms with E-state index in [9.17, 15) is 8.42 Å². The van der Waals surface area contributed by atoms with E-state index in [0.29, 0.717) is 10.7 Å². The summed E-state index contributed by atoms with van der Waals surface area (Å²) in [7, 11) is -3.64. The largest absolute Gasteiger partial charge is 0.280 e. The van der Waals surface area contributed by atoms with Crippen molar-refractivity contribution in [2.24, 2.45) is 0 Å². The summed E-state index contributed by atoms with van der Waals surface area (Å²) in [6, 6.07) is 11.4. The average molecular weight is 325 g/mol. The molecule has 1 heterocycles. The Morgan fingerprint density at radius 1 is 1.15 bits per heavy atom. The van der Waals surface area contributed by atoms with Crippen LogP contribution in [0.4, 0.5) is 5.69 Å². The van der Waals surface area contributed by atoms with Crippen molar-refractivity contribution in [1.82, 2.24) is 4.98 Å². The molecular formula is C13H9ClN2O2S2. The zero-order chi connectivity index (χ0) is 14.2. The third kappa shape index (κ3) is 2.63. The predicted octanol–water partition coefficient (Wildman–Crippen LogP) is 3.75. The summed E-state index contributed by atoms with van der Waals surface area (Å²) in [5.41, 5.74) is 3.07. The normalized spacial score (nSPS) is 11.7. The molecule has 0 radical (unpaired) electrons. The number of thiazole rings is 1. The molecule has 3 aromatic rings. The number of benzene rings is 2. The standard InChI is InChI=1S/C13H9ClN2O2S2/c14-9-2-1-3-11(6-9)20(17,18)16-10-4-5-12-13(7-10)19-8-15-12/h1-8,16H. The molecule has 102 valence electrons. The molecule has 20 heavy (non-hydrogen) atoms. The maximum absolute atomic E-state index is 12.2. The van der Waals surface area contributed by atoms with Gasteiger partial charge < -0.3 is 0 Å². The van der Waals surface area contributed by atoms with Gasteiger partial charge in [-0.25, -0.2) is 13.4 Å². The second-order valence-electron chi connectivity index (χ2n) is 4.10. The summed E-state index contributed by atoms with van der Waals surface area (Å²) in [5.74, 6) is 0. The minimum atomic E-state index is -3.64. The van der Waals surface area contributed by atoms with E-state index in [1.165, 1.54) is 23.5 Å². The third-order valence-corrected chi connectivity index (χ3v) is 5.10. The van der Waals surface area contributed by atoms with Gasteiger partial charge in [-0.15, -0.1) is 11.3 Å². The highest BCUT2D eigenvalue weighted by atomic mass is 35.5. The lowest BCUT2D eigenvalue weighted by molar-refractivity contribution is 0.601. The van der Waals surface area contributed by atoms with Crippen molar-refractivity contribution in [3.63, 3.8) is 0 Å². The molecule has 1 aromatic heterocycles. The quantitative estimate of drug-likeness (QED) is 0.798. The summed E-state index contributed by atoms with van der Waals surface area (Å²) >= 11 is 7.28. The van der Waals surface area contributed by atoms with Crippen LogP contribution in [0.1, 0.15) is 0 Å². The van der Waals surface area contributed by atoms with Gasteiger partial charge in [-0.3, -0.25) is 4.72 Å². The van der Waals surface area contributed by atoms with Gasteiger partial charge in [0.25, 0.3) is 10.0 Å². The first-order valence-electron chi connectivity index (χ1n) is 5.66. The molecule has 0 atom stereocenters. The lowest BCUT2D eigenvalue weighted by Gasteiger charge is -2.08. The highest BCUT2D eigenvalue weighted by Gasteiger charge is 2.14. The molecule has 0 bridgehead atoms. The lowest BCUT2D eigenvalue weighted by Crippen LogP contribution is -2.12. The van der Waals surface area contributed by atoms with Crippen LogP contribution in [0.3, 0.4) is 0 Å². The number of nitrogens with one attached hydrogen (secondary N) is 1. The summed E-state index contributed by atoms with van der Waals surface area (Å²) in [5, 5.41) is 0.380. The van der Waals surface area contributed by atoms with Gasteiger partial charge in [-0.2, -0.15) is 0 Å². The Balaban J connectivity index is 1.96. The number of sulfonamides is 1. The molecule has 0 aliphatic heterocycles. The molecule has 0 saturated heterocycles. The van der Waals surface area contributed by atoms with Gasteiger partial charge in [0.1, 0.15) is 0 Å². The Morgan fingerprint density at radius 3 is 2.80 bits per heavy atom. The molecule has 0 aliphatic rings. The SMILES string of the molecule is O=S(=O)(Nc1ccc2ncsc2c1)c1cccc(Cl)c1. The summed E-state index contributed by atoms with van der Waals surface area (Å²) in [4.78, 5) is 4.28. The Bertz CT molecular complexity index is 875. The van der Waals surface area contributed by atoms with Crippen LogP contribution >= 0.6 is 22.9 Å². The molecule has 0 aliphatic carbocycles. The van der Waals surface area contributed by atoms with Crippen LogP contribution in [0.15, 0.2) is 52.9 Å². The lowest BCUT2D eigenvalue weighted by atomic mass is 10.3. The fourth-order valence-corrected chi connectivity index (χ4v) is 3.83. The average Bonchev–Trinajstić information content (AvgIpc) is 2.85. The fraction of sp³-hybridized carbons (Fsp3) is 0. The number of nitrogens with zero attached hydrogens (tertiary/aromatic N) is 1. The van der Waals surface area contributed by atoms with Crippen molar-refractivity contribution < 1.29 is 8.42 Å². The number of anilines is 1. The summed E-state index contributed by atoms with van der Waals surface area (Å²) < 4.78 is 28.0. The first-order chi connectivity index (χ1) is 9.54. The molecular weight excluding hydrogens is 316 g/mol. The van der Waals surface area contributed by atoms with Crippen LogP contribution in [-0.4, -0.2) is 13.4 Å². The monoisotopic (exact) mass is 324 g/mol. The van der Waals surface area contributed by atoms with Crippen LogP contribution in [0.5, 0.6) is 0 Å². The number of fused-ring (bicyclic) bond motifs is 1. The number of halogens is 1. The summed E-state index contributed by atoms with van der Waals surface area (Å²) in [6.45, 7) is 0. The van der Waals surface area contributed by atoms with E-state index in [2.05, 4.69) is 9.71 Å². The molecule has 0 saturated carbocycles. The molecule has 2 aromatic carbocycles. The van der Waals surface area contributed by atoms with E-state index in [-0.39, 0.29) is 4.90 Å². The van der Waals surface area contributed by atoms with Gasteiger partial charge in [0.15, 0.2) is 0 Å². The van der Waals surface area contributed by atoms with Crippen LogP contribution in [0.25, 0.3) is 10.2 Å². The number of hydrogen-bond donors (Lipinski definition) is 1. The minimum absolute atomic E-state index is 0.134. The van der Waals surface area contributed by atoms with Gasteiger partial charge in [-0.05, 0) is 36.4 Å². The van der Waals surface area contributed by atoms with Crippen molar-refractivity contribution in [3.8, 4) is 0 Å². The molecule has 0 amide bonds. The van der Waals surface area contributed by atoms with Crippen molar-refractivity contribution in [2.75, 3.05) is 4.72 Å². The Morgan fingerprint density at radius 2 is 2.00 bits per heavy atom. The fourth-order valence-electron chi connectivity index (χ4n) is 1.77. The van der Waals surface area contributed by atoms with E-state index in [4.69, 9.17) is 11.6 Å². The molecule has 0 spiro atoms. The topological polar surface area (TPSA) is 59.1 Å². The number of aromatic nitrogens is 1. The van der Waals surface area contributed by atoms with Crippen molar-refractivity contribution in [3.05, 3.63) is 53.0 Å². The molecule has 3 rings (SSSR count). The van der Waals surface area contributed by atoms with Gasteiger partial charge in [0, 0.05) is 5.02 Å². The Hall–Kier alpha value is -1.63. The van der Waals surface area contributed by atoms with E-state index < -0.39 is 10.0 Å². The van der Waals surface area contributed by atoms with Gasteiger partial charge >= 0.3 is 0 Å². The maximum Gasteiger partial charge on any atom is 0.261 e. The van der Waals surface area contributed by atoms with Crippen molar-refractivity contribution >= 4 is 48.9 Å². The van der Waals surface area contributed by atoms with Crippen LogP contribution in [-0.2, 0) is 10.0 Å². The van der Waals surface area contributed by atoms with Crippen LogP contribution < -0.4 is 4.72 Å². The van der Waals surface area contributed by atoms with Crippen molar-refractivity contribution in [2.45, 2.75) is 4.90 Å². The smallest absolute Gasteiger partial charge is 0.261 e. The number of hydrogen-bond acceptors (Lipinski definition) is 4. The van der Waals surface area contributed by atoms with Crippen LogP contribution in [0, 0.1) is 0 Å². The van der Waals surface area contributed by atoms with Crippen LogP contribution in [0.2, 0.25) is 5.02 Å². The first-order valence-corrected chi connectivity index (χ1v) is 8.40. The second kappa shape index (κ2) is 5.05. The van der Waals surface area contributed by atoms with E-state index in [1.54, 1.807) is 35.8 Å². The predicted molar refractivity (Wildman–Crippen MR) is 81.9 cm³/mol. The van der Waals surface area contributed by atoms with E-state index in [1.807, 2.05) is 0 Å². The first kappa shape index (κ1) is 13.4. The Labute approximate surface area is 125 Å². The molecule has 1 N–H and O–H groups in total. The molecule has 0 unspecified atom stereocenters. The summed E-state index contributed by atoms with van der Waals surface area (Å²) in [6.07, 6.45) is 0. The van der Waals surface area contributed by atoms with Gasteiger partial charge in [0.05, 0.1) is 26.3 Å². The zero-order valence-corrected chi connectivity index (χ0v) is 12.5. The number of rotatable bonds is 3. The Kier molecular flexibility index (Phi) is 3.37. The molecule has 7 heteroatoms. The van der Waals surface area contributed by atoms with Gasteiger partial charge in [-0.1, -0.05) is 17.7 Å². The van der Waals surface area contributed by atoms with E-state index >= 15 is 0 Å². The highest BCUT2D eigenvalue weighted by molar-refractivity contribution is 7.92. The van der Waals surface area contributed by atoms with Gasteiger partial charge in [0.2, 0.25) is 0 Å². The van der Waals surface area contributed by atoms with E-state index in [0.717, 1.165) is 10.2 Å². The molecule has 0 fully saturated rings. The van der Waals surface area contributed by atoms with Crippen molar-refractivity contribution in [1.29, 1.82) is 0 Å². The molecule has 4 nitrogen and oxygen atoms in total. The maximum atomic E-state index is 12.2.